The summed E-state index contributed by atoms with van der Waals surface area (Å²) in [6.45, 7) is 0. The number of rotatable bonds is 2. The van der Waals surface area contributed by atoms with Crippen molar-refractivity contribution in [3.63, 3.8) is 0 Å². The van der Waals surface area contributed by atoms with Crippen molar-refractivity contribution in [1.29, 1.82) is 0 Å². The summed E-state index contributed by atoms with van der Waals surface area (Å²) < 4.78 is 5.32. The molecule has 6 heteroatoms. The van der Waals surface area contributed by atoms with Gasteiger partial charge in [0.2, 0.25) is 5.89 Å². The summed E-state index contributed by atoms with van der Waals surface area (Å²) >= 11 is 1.88. The van der Waals surface area contributed by atoms with Gasteiger partial charge in [-0.1, -0.05) is 18.0 Å². The van der Waals surface area contributed by atoms with E-state index in [4.69, 9.17) is 4.52 Å². The highest BCUT2D eigenvalue weighted by molar-refractivity contribution is 7.99. The van der Waals surface area contributed by atoms with E-state index in [0.29, 0.717) is 5.92 Å². The predicted molar refractivity (Wildman–Crippen MR) is 66.0 cm³/mol. The van der Waals surface area contributed by atoms with Crippen LogP contribution in [0.1, 0.15) is 49.4 Å². The van der Waals surface area contributed by atoms with E-state index in [2.05, 4.69) is 15.5 Å². The third-order valence-corrected chi connectivity index (χ3v) is 4.13. The molecule has 90 valence electrons. The van der Waals surface area contributed by atoms with Crippen LogP contribution in [0.25, 0.3) is 0 Å². The average molecular weight is 262 g/mol. The zero-order valence-corrected chi connectivity index (χ0v) is 10.6. The molecule has 1 saturated carbocycles. The Morgan fingerprint density at radius 3 is 2.81 bits per heavy atom. The summed E-state index contributed by atoms with van der Waals surface area (Å²) in [6.07, 6.45) is 5.08. The Balaban J connectivity index is 0.000000963. The first kappa shape index (κ1) is 12.2. The number of thioether (sulfide) groups is 1. The molecule has 1 saturated heterocycles. The van der Waals surface area contributed by atoms with Crippen LogP contribution in [0.5, 0.6) is 0 Å². The maximum Gasteiger partial charge on any atom is 0.244 e. The summed E-state index contributed by atoms with van der Waals surface area (Å²) in [5.74, 6) is 4.30. The minimum atomic E-state index is 0. The molecule has 0 radical (unpaired) electrons. The lowest BCUT2D eigenvalue weighted by Gasteiger charge is -2.02. The Morgan fingerprint density at radius 1 is 1.31 bits per heavy atom. The van der Waals surface area contributed by atoms with Crippen molar-refractivity contribution >= 4 is 24.2 Å². The summed E-state index contributed by atoms with van der Waals surface area (Å²) in [5, 5.41) is 7.45. The fourth-order valence-electron chi connectivity index (χ4n) is 2.29. The highest BCUT2D eigenvalue weighted by atomic mass is 35.5. The lowest BCUT2D eigenvalue weighted by molar-refractivity contribution is 0.345. The molecule has 1 atom stereocenters. The minimum absolute atomic E-state index is 0. The van der Waals surface area contributed by atoms with Crippen molar-refractivity contribution < 1.29 is 4.52 Å². The fourth-order valence-corrected chi connectivity index (χ4v) is 3.23. The van der Waals surface area contributed by atoms with Crippen LogP contribution < -0.4 is 5.32 Å². The van der Waals surface area contributed by atoms with E-state index < -0.39 is 0 Å². The molecular formula is C10H16ClN3OS. The van der Waals surface area contributed by atoms with E-state index in [1.165, 1.54) is 25.7 Å². The van der Waals surface area contributed by atoms with Crippen LogP contribution in [-0.2, 0) is 0 Å². The normalized spacial score (nSPS) is 25.9. The van der Waals surface area contributed by atoms with Gasteiger partial charge in [-0.2, -0.15) is 4.98 Å². The first-order valence-electron chi connectivity index (χ1n) is 5.58. The lowest BCUT2D eigenvalue weighted by atomic mass is 10.1. The Morgan fingerprint density at radius 2 is 2.12 bits per heavy atom. The van der Waals surface area contributed by atoms with Crippen molar-refractivity contribution in [3.05, 3.63) is 11.7 Å². The summed E-state index contributed by atoms with van der Waals surface area (Å²) in [7, 11) is 0. The van der Waals surface area contributed by atoms with E-state index in [1.807, 2.05) is 11.8 Å². The third-order valence-electron chi connectivity index (χ3n) is 3.19. The predicted octanol–water partition coefficient (Wildman–Crippen LogP) is 2.48. The van der Waals surface area contributed by atoms with Gasteiger partial charge in [-0.15, -0.1) is 24.2 Å². The van der Waals surface area contributed by atoms with Gasteiger partial charge in [0, 0.05) is 17.5 Å². The Kier molecular flexibility index (Phi) is 4.10. The van der Waals surface area contributed by atoms with Crippen LogP contribution in [0.3, 0.4) is 0 Å². The molecule has 0 bridgehead atoms. The van der Waals surface area contributed by atoms with Crippen molar-refractivity contribution in [3.8, 4) is 0 Å². The first-order chi connectivity index (χ1) is 7.43. The fraction of sp³-hybridized carbons (Fsp3) is 0.800. The molecule has 2 heterocycles. The highest BCUT2D eigenvalue weighted by Gasteiger charge is 2.26. The second kappa shape index (κ2) is 5.38. The highest BCUT2D eigenvalue weighted by Crippen LogP contribution is 2.33. The van der Waals surface area contributed by atoms with E-state index in [-0.39, 0.29) is 18.4 Å². The van der Waals surface area contributed by atoms with Crippen molar-refractivity contribution in [2.45, 2.75) is 37.6 Å². The number of hydrogen-bond acceptors (Lipinski definition) is 5. The van der Waals surface area contributed by atoms with Crippen molar-refractivity contribution in [1.82, 2.24) is 15.5 Å². The zero-order chi connectivity index (χ0) is 10.1. The molecule has 3 rings (SSSR count). The van der Waals surface area contributed by atoms with Crippen LogP contribution >= 0.6 is 24.2 Å². The Hall–Kier alpha value is -0.260. The largest absolute Gasteiger partial charge is 0.338 e. The molecule has 1 aromatic rings. The molecule has 1 aromatic heterocycles. The number of nitrogens with one attached hydrogen (secondary N) is 1. The quantitative estimate of drug-likeness (QED) is 0.886. The molecule has 0 aromatic carbocycles. The van der Waals surface area contributed by atoms with Crippen LogP contribution in [0, 0.1) is 0 Å². The molecule has 0 spiro atoms. The smallest absolute Gasteiger partial charge is 0.244 e. The number of hydrogen-bond donors (Lipinski definition) is 1. The molecule has 1 N–H and O–H groups in total. The molecule has 1 aliphatic carbocycles. The Bertz CT molecular complexity index is 304. The van der Waals surface area contributed by atoms with Crippen LogP contribution in [-0.4, -0.2) is 21.8 Å². The standard InChI is InChI=1S/C10H15N3OS.ClH/c1-2-4-7(3-1)9-12-10(14-13-9)8-5-15-6-11-8;/h7-8,11H,1-6H2;1H/t8-;/m1./s1. The van der Waals surface area contributed by atoms with E-state index in [1.54, 1.807) is 0 Å². The number of halogens is 1. The molecule has 16 heavy (non-hydrogen) atoms. The molecule has 0 amide bonds. The number of nitrogens with zero attached hydrogens (tertiary/aromatic N) is 2. The van der Waals surface area contributed by atoms with Gasteiger partial charge in [-0.05, 0) is 12.8 Å². The zero-order valence-electron chi connectivity index (χ0n) is 9.02. The molecule has 4 nitrogen and oxygen atoms in total. The average Bonchev–Trinajstić information content (AvgIpc) is 3.02. The van der Waals surface area contributed by atoms with Gasteiger partial charge < -0.3 is 4.52 Å². The van der Waals surface area contributed by atoms with Gasteiger partial charge in [0.25, 0.3) is 0 Å². The van der Waals surface area contributed by atoms with Gasteiger partial charge in [-0.3, -0.25) is 5.32 Å². The SMILES string of the molecule is C1CCC(c2noc([C@H]3CSCN3)n2)C1.Cl. The van der Waals surface area contributed by atoms with Crippen molar-refractivity contribution in [2.75, 3.05) is 11.6 Å². The number of aromatic nitrogens is 2. The molecule has 0 unspecified atom stereocenters. The molecule has 2 fully saturated rings. The summed E-state index contributed by atoms with van der Waals surface area (Å²) in [5.41, 5.74) is 0. The third kappa shape index (κ3) is 2.36. The van der Waals surface area contributed by atoms with E-state index in [0.717, 1.165) is 23.3 Å². The second-order valence-electron chi connectivity index (χ2n) is 4.24. The summed E-state index contributed by atoms with van der Waals surface area (Å²) in [4.78, 5) is 4.52. The van der Waals surface area contributed by atoms with Gasteiger partial charge in [0.05, 0.1) is 6.04 Å². The monoisotopic (exact) mass is 261 g/mol. The summed E-state index contributed by atoms with van der Waals surface area (Å²) in [6, 6.07) is 0.276. The Labute approximate surface area is 105 Å². The maximum atomic E-state index is 5.32. The van der Waals surface area contributed by atoms with Gasteiger partial charge >= 0.3 is 0 Å². The second-order valence-corrected chi connectivity index (χ2v) is 5.27. The van der Waals surface area contributed by atoms with Crippen LogP contribution in [0.2, 0.25) is 0 Å². The van der Waals surface area contributed by atoms with Gasteiger partial charge in [0.1, 0.15) is 0 Å². The minimum Gasteiger partial charge on any atom is -0.338 e. The topological polar surface area (TPSA) is 51.0 Å². The molecule has 1 aliphatic heterocycles. The van der Waals surface area contributed by atoms with Gasteiger partial charge in [0.15, 0.2) is 5.82 Å². The van der Waals surface area contributed by atoms with E-state index >= 15 is 0 Å². The molecule has 2 aliphatic rings. The van der Waals surface area contributed by atoms with Crippen molar-refractivity contribution in [2.24, 2.45) is 0 Å². The lowest BCUT2D eigenvalue weighted by Crippen LogP contribution is -2.14. The van der Waals surface area contributed by atoms with Gasteiger partial charge in [-0.25, -0.2) is 0 Å². The first-order valence-corrected chi connectivity index (χ1v) is 6.73. The van der Waals surface area contributed by atoms with Crippen LogP contribution in [0.15, 0.2) is 4.52 Å². The van der Waals surface area contributed by atoms with E-state index in [9.17, 15) is 0 Å². The maximum absolute atomic E-state index is 5.32. The van der Waals surface area contributed by atoms with Crippen LogP contribution in [0.4, 0.5) is 0 Å². The molecular weight excluding hydrogens is 246 g/mol.